The summed E-state index contributed by atoms with van der Waals surface area (Å²) in [6.07, 6.45) is -1.54. The van der Waals surface area contributed by atoms with E-state index in [2.05, 4.69) is 10.3 Å². The molecule has 0 aliphatic carbocycles. The van der Waals surface area contributed by atoms with E-state index in [-0.39, 0.29) is 23.9 Å². The van der Waals surface area contributed by atoms with Crippen molar-refractivity contribution >= 4 is 11.7 Å². The third-order valence-corrected chi connectivity index (χ3v) is 5.50. The summed E-state index contributed by atoms with van der Waals surface area (Å²) in [7, 11) is 1.58. The van der Waals surface area contributed by atoms with E-state index in [1.807, 2.05) is 26.8 Å². The number of aliphatic hydroxyl groups excluding tert-OH is 1. The van der Waals surface area contributed by atoms with Gasteiger partial charge < -0.3 is 24.6 Å². The van der Waals surface area contributed by atoms with Crippen molar-refractivity contribution in [2.45, 2.75) is 63.9 Å². The highest BCUT2D eigenvalue weighted by atomic mass is 16.6. The van der Waals surface area contributed by atoms with Crippen molar-refractivity contribution < 1.29 is 24.1 Å². The molecule has 9 heteroatoms. The van der Waals surface area contributed by atoms with Crippen LogP contribution in [-0.4, -0.2) is 58.2 Å². The number of anilines is 1. The lowest BCUT2D eigenvalue weighted by Gasteiger charge is -2.28. The van der Waals surface area contributed by atoms with Crippen LogP contribution in [0.1, 0.15) is 43.8 Å². The van der Waals surface area contributed by atoms with Gasteiger partial charge >= 0.3 is 5.69 Å². The quantitative estimate of drug-likeness (QED) is 0.657. The molecule has 1 saturated heterocycles. The molecule has 9 nitrogen and oxygen atoms in total. The summed E-state index contributed by atoms with van der Waals surface area (Å²) in [5, 5.41) is 13.3. The molecule has 1 aromatic heterocycles. The average Bonchev–Trinajstić information content (AvgIpc) is 3.08. The number of methoxy groups -OCH3 is 1. The molecule has 2 aromatic rings. The summed E-state index contributed by atoms with van der Waals surface area (Å²) in [6.45, 7) is 5.58. The maximum Gasteiger partial charge on any atom is 0.351 e. The zero-order valence-electron chi connectivity index (χ0n) is 18.1. The number of ether oxygens (including phenoxy) is 3. The van der Waals surface area contributed by atoms with Crippen molar-refractivity contribution in [1.29, 1.82) is 0 Å². The third-order valence-electron chi connectivity index (χ3n) is 5.50. The molecule has 1 aromatic carbocycles. The minimum Gasteiger partial charge on any atom is -0.388 e. The molecule has 1 unspecified atom stereocenters. The molecular formula is C22H29N3O6. The zero-order valence-corrected chi connectivity index (χ0v) is 18.1. The first kappa shape index (κ1) is 23.1. The highest BCUT2D eigenvalue weighted by Gasteiger charge is 2.46. The molecular weight excluding hydrogens is 402 g/mol. The average molecular weight is 431 g/mol. The lowest BCUT2D eigenvalue weighted by Crippen LogP contribution is -2.41. The zero-order chi connectivity index (χ0) is 22.5. The molecule has 168 valence electrons. The summed E-state index contributed by atoms with van der Waals surface area (Å²) >= 11 is 0. The van der Waals surface area contributed by atoms with Gasteiger partial charge in [0, 0.05) is 18.9 Å². The fraction of sp³-hybridized carbons (Fsp3) is 0.500. The Balaban J connectivity index is 1.81. The first-order valence-corrected chi connectivity index (χ1v) is 10.3. The van der Waals surface area contributed by atoms with Gasteiger partial charge in [-0.05, 0) is 38.5 Å². The number of aliphatic hydroxyl groups is 1. The van der Waals surface area contributed by atoms with Crippen LogP contribution in [-0.2, 0) is 14.2 Å². The van der Waals surface area contributed by atoms with E-state index in [0.717, 1.165) is 0 Å². The Morgan fingerprint density at radius 3 is 2.58 bits per heavy atom. The molecule has 0 radical (unpaired) electrons. The van der Waals surface area contributed by atoms with Crippen LogP contribution in [0.5, 0.6) is 0 Å². The van der Waals surface area contributed by atoms with Gasteiger partial charge in [0.25, 0.3) is 5.91 Å². The Labute approximate surface area is 181 Å². The fourth-order valence-corrected chi connectivity index (χ4v) is 3.43. The van der Waals surface area contributed by atoms with Gasteiger partial charge in [-0.3, -0.25) is 9.36 Å². The molecule has 6 atom stereocenters. The number of benzene rings is 1. The molecule has 3 rings (SSSR count). The summed E-state index contributed by atoms with van der Waals surface area (Å²) in [5.74, 6) is -0.244. The summed E-state index contributed by atoms with van der Waals surface area (Å²) in [5.41, 5.74) is -0.169. The van der Waals surface area contributed by atoms with Crippen LogP contribution < -0.4 is 11.0 Å². The first-order chi connectivity index (χ1) is 14.8. The van der Waals surface area contributed by atoms with Gasteiger partial charge in [-0.1, -0.05) is 25.1 Å². The molecule has 1 aliphatic heterocycles. The number of rotatable bonds is 8. The van der Waals surface area contributed by atoms with Crippen molar-refractivity contribution in [3.05, 3.63) is 58.6 Å². The highest BCUT2D eigenvalue weighted by Crippen LogP contribution is 2.33. The molecule has 1 amide bonds. The molecule has 1 aliphatic rings. The van der Waals surface area contributed by atoms with E-state index < -0.39 is 30.2 Å². The van der Waals surface area contributed by atoms with Crippen LogP contribution in [0.25, 0.3) is 0 Å². The van der Waals surface area contributed by atoms with E-state index in [1.165, 1.54) is 16.8 Å². The first-order valence-electron chi connectivity index (χ1n) is 10.3. The third kappa shape index (κ3) is 5.19. The Morgan fingerprint density at radius 1 is 1.26 bits per heavy atom. The van der Waals surface area contributed by atoms with Crippen molar-refractivity contribution in [3.63, 3.8) is 0 Å². The number of nitrogens with one attached hydrogen (secondary N) is 1. The number of carbonyl (C=O) groups excluding carboxylic acids is 1. The van der Waals surface area contributed by atoms with Crippen LogP contribution in [0.3, 0.4) is 0 Å². The van der Waals surface area contributed by atoms with Crippen LogP contribution in [0.4, 0.5) is 5.82 Å². The van der Waals surface area contributed by atoms with Crippen molar-refractivity contribution in [2.24, 2.45) is 0 Å². The molecule has 1 fully saturated rings. The van der Waals surface area contributed by atoms with E-state index in [0.29, 0.717) is 12.0 Å². The number of carbonyl (C=O) groups is 1. The molecule has 0 spiro atoms. The second-order valence-corrected chi connectivity index (χ2v) is 7.53. The van der Waals surface area contributed by atoms with Crippen LogP contribution in [0.15, 0.2) is 47.4 Å². The van der Waals surface area contributed by atoms with Crippen molar-refractivity contribution in [1.82, 2.24) is 9.55 Å². The second-order valence-electron chi connectivity index (χ2n) is 7.53. The summed E-state index contributed by atoms with van der Waals surface area (Å²) in [4.78, 5) is 29.0. The molecule has 0 saturated carbocycles. The topological polar surface area (TPSA) is 112 Å². The monoisotopic (exact) mass is 431 g/mol. The Kier molecular flexibility index (Phi) is 7.55. The number of nitrogens with zero attached hydrogens (tertiary/aromatic N) is 2. The van der Waals surface area contributed by atoms with Gasteiger partial charge in [-0.15, -0.1) is 0 Å². The normalized spacial score (nSPS) is 25.2. The van der Waals surface area contributed by atoms with Crippen LogP contribution in [0, 0.1) is 0 Å². The Hall–Kier alpha value is -2.59. The Morgan fingerprint density at radius 2 is 1.97 bits per heavy atom. The standard InChI is InChI=1S/C22H29N3O6/c1-5-16-18(26)19(30-14(3)13(2)29-4)21(31-16)25-12-11-17(24-22(25)28)23-20(27)15-9-7-6-8-10-15/h6-14,16,18-19,21,26H,5H2,1-4H3,(H,23,24,27,28)/t13-,14+,16+,18?,19-,21+/m0/s1. The SMILES string of the molecule is CC[C@H]1O[C@@H](n2ccc(NC(=O)c3ccccc3)nc2=O)[C@@H](O[C@H](C)[C@H](C)OC)C1O. The Bertz CT molecular complexity index is 934. The van der Waals surface area contributed by atoms with Crippen LogP contribution >= 0.6 is 0 Å². The van der Waals surface area contributed by atoms with Gasteiger partial charge in [-0.25, -0.2) is 4.79 Å². The van der Waals surface area contributed by atoms with E-state index in [1.54, 1.807) is 31.4 Å². The number of amides is 1. The van der Waals surface area contributed by atoms with Gasteiger partial charge in [-0.2, -0.15) is 4.98 Å². The van der Waals surface area contributed by atoms with E-state index >= 15 is 0 Å². The molecule has 2 N–H and O–H groups in total. The van der Waals surface area contributed by atoms with Crippen molar-refractivity contribution in [2.75, 3.05) is 12.4 Å². The fourth-order valence-electron chi connectivity index (χ4n) is 3.43. The minimum atomic E-state index is -0.911. The maximum atomic E-state index is 12.7. The maximum absolute atomic E-state index is 12.7. The van der Waals surface area contributed by atoms with E-state index in [9.17, 15) is 14.7 Å². The van der Waals surface area contributed by atoms with Gasteiger partial charge in [0.2, 0.25) is 0 Å². The minimum absolute atomic E-state index is 0.125. The van der Waals surface area contributed by atoms with E-state index in [4.69, 9.17) is 14.2 Å². The van der Waals surface area contributed by atoms with Crippen molar-refractivity contribution in [3.8, 4) is 0 Å². The lowest BCUT2D eigenvalue weighted by molar-refractivity contribution is -0.129. The lowest BCUT2D eigenvalue weighted by atomic mass is 10.1. The van der Waals surface area contributed by atoms with Crippen LogP contribution in [0.2, 0.25) is 0 Å². The highest BCUT2D eigenvalue weighted by molar-refractivity contribution is 6.03. The number of hydrogen-bond acceptors (Lipinski definition) is 7. The van der Waals surface area contributed by atoms with Gasteiger partial charge in [0.1, 0.15) is 18.0 Å². The van der Waals surface area contributed by atoms with Gasteiger partial charge in [0.05, 0.1) is 18.3 Å². The molecule has 31 heavy (non-hydrogen) atoms. The molecule has 2 heterocycles. The predicted octanol–water partition coefficient (Wildman–Crippen LogP) is 1.97. The number of hydrogen-bond donors (Lipinski definition) is 2. The summed E-state index contributed by atoms with van der Waals surface area (Å²) in [6, 6.07) is 10.1. The number of aromatic nitrogens is 2. The second kappa shape index (κ2) is 10.1. The smallest absolute Gasteiger partial charge is 0.351 e. The predicted molar refractivity (Wildman–Crippen MR) is 114 cm³/mol. The largest absolute Gasteiger partial charge is 0.388 e. The molecule has 0 bridgehead atoms. The van der Waals surface area contributed by atoms with Gasteiger partial charge in [0.15, 0.2) is 6.23 Å². The summed E-state index contributed by atoms with van der Waals surface area (Å²) < 4.78 is 18.5.